The summed E-state index contributed by atoms with van der Waals surface area (Å²) in [7, 11) is 1.79. The molecule has 1 unspecified atom stereocenters. The Hall–Kier alpha value is -0.890. The van der Waals surface area contributed by atoms with Gasteiger partial charge >= 0.3 is 0 Å². The first-order chi connectivity index (χ1) is 15.2. The number of ketones is 1. The maximum absolute atomic E-state index is 12.8. The maximum Gasteiger partial charge on any atom is 0.138 e. The van der Waals surface area contributed by atoms with Crippen molar-refractivity contribution in [2.24, 2.45) is 45.3 Å². The van der Waals surface area contributed by atoms with Gasteiger partial charge in [-0.2, -0.15) is 0 Å². The number of Topliss-reactive ketones (excluding diaryl/α,β-unsaturated/α-hetero) is 1. The molecule has 0 aromatic rings. The van der Waals surface area contributed by atoms with Gasteiger partial charge in [-0.1, -0.05) is 65.3 Å². The van der Waals surface area contributed by atoms with E-state index in [2.05, 4.69) is 73.6 Å². The number of ether oxygens (including phenoxy) is 1. The van der Waals surface area contributed by atoms with Crippen LogP contribution in [-0.4, -0.2) is 18.5 Å². The van der Waals surface area contributed by atoms with Crippen molar-refractivity contribution in [3.8, 4) is 0 Å². The lowest BCUT2D eigenvalue weighted by atomic mass is 9.41. The fraction of sp³-hybridized carbons (Fsp3) is 0.839. The molecule has 0 heterocycles. The Balaban J connectivity index is 1.60. The lowest BCUT2D eigenvalue weighted by Gasteiger charge is -2.63. The van der Waals surface area contributed by atoms with Gasteiger partial charge in [-0.05, 0) is 98.7 Å². The quantitative estimate of drug-likeness (QED) is 0.392. The number of rotatable bonds is 5. The number of hydrogen-bond donors (Lipinski definition) is 0. The van der Waals surface area contributed by atoms with Crippen molar-refractivity contribution in [1.82, 2.24) is 0 Å². The van der Waals surface area contributed by atoms with E-state index < -0.39 is 0 Å². The first kappa shape index (κ1) is 25.2. The molecular weight excluding hydrogens is 404 g/mol. The van der Waals surface area contributed by atoms with Gasteiger partial charge in [0.25, 0.3) is 0 Å². The molecule has 0 saturated heterocycles. The molecule has 0 aliphatic heterocycles. The van der Waals surface area contributed by atoms with Crippen LogP contribution in [0.15, 0.2) is 23.8 Å². The van der Waals surface area contributed by atoms with Crippen molar-refractivity contribution >= 4 is 5.78 Å². The van der Waals surface area contributed by atoms with Crippen LogP contribution in [-0.2, 0) is 9.53 Å². The monoisotopic (exact) mass is 454 g/mol. The van der Waals surface area contributed by atoms with E-state index in [0.717, 1.165) is 31.6 Å². The zero-order valence-corrected chi connectivity index (χ0v) is 23.0. The standard InChI is InChI=1S/C31H50O2/c1-21(11-10-17-27(2,3)33-9)22-14-19-31(8)24-12-13-25-28(4,5)26(32)16-18-29(25,6)23(24)15-20-30(22,31)7/h10,12,17,21-23,25H,11,13-16,18-20H2,1-9H3/b17-10+/t21-,22-,23-,25?,29+,30-,31+/m0/s1. The smallest absolute Gasteiger partial charge is 0.138 e. The van der Waals surface area contributed by atoms with Gasteiger partial charge in [0.1, 0.15) is 5.78 Å². The van der Waals surface area contributed by atoms with Crippen molar-refractivity contribution in [3.05, 3.63) is 23.8 Å². The minimum absolute atomic E-state index is 0.175. The van der Waals surface area contributed by atoms with Gasteiger partial charge in [-0.3, -0.25) is 4.79 Å². The molecule has 2 heteroatoms. The average Bonchev–Trinajstić information content (AvgIpc) is 3.02. The fourth-order valence-electron chi connectivity index (χ4n) is 9.26. The Labute approximate surface area is 204 Å². The number of allylic oxidation sites excluding steroid dienone is 3. The van der Waals surface area contributed by atoms with E-state index in [1.807, 2.05) is 0 Å². The number of hydrogen-bond acceptors (Lipinski definition) is 2. The van der Waals surface area contributed by atoms with Crippen molar-refractivity contribution in [2.75, 3.05) is 7.11 Å². The van der Waals surface area contributed by atoms with Gasteiger partial charge < -0.3 is 4.74 Å². The Morgan fingerprint density at radius 1 is 1.12 bits per heavy atom. The van der Waals surface area contributed by atoms with Crippen molar-refractivity contribution < 1.29 is 9.53 Å². The lowest BCUT2D eigenvalue weighted by molar-refractivity contribution is -0.146. The highest BCUT2D eigenvalue weighted by molar-refractivity contribution is 5.85. The largest absolute Gasteiger partial charge is 0.375 e. The van der Waals surface area contributed by atoms with Crippen LogP contribution >= 0.6 is 0 Å². The summed E-state index contributed by atoms with van der Waals surface area (Å²) in [6.45, 7) is 19.0. The van der Waals surface area contributed by atoms with E-state index in [1.165, 1.54) is 25.7 Å². The van der Waals surface area contributed by atoms with Crippen molar-refractivity contribution in [2.45, 2.75) is 112 Å². The summed E-state index contributed by atoms with van der Waals surface area (Å²) in [6.07, 6.45) is 16.7. The number of fused-ring (bicyclic) bond motifs is 5. The third-order valence-electron chi connectivity index (χ3n) is 11.9. The second-order valence-corrected chi connectivity index (χ2v) is 14.0. The second kappa shape index (κ2) is 8.07. The van der Waals surface area contributed by atoms with Crippen LogP contribution in [0.3, 0.4) is 0 Å². The van der Waals surface area contributed by atoms with Crippen LogP contribution in [0.2, 0.25) is 0 Å². The van der Waals surface area contributed by atoms with Gasteiger partial charge in [-0.15, -0.1) is 0 Å². The van der Waals surface area contributed by atoms with Gasteiger partial charge in [0.15, 0.2) is 0 Å². The molecule has 2 nitrogen and oxygen atoms in total. The van der Waals surface area contributed by atoms with Crippen molar-refractivity contribution in [3.63, 3.8) is 0 Å². The molecular formula is C31H50O2. The molecule has 0 aromatic carbocycles. The van der Waals surface area contributed by atoms with Crippen LogP contribution in [0.25, 0.3) is 0 Å². The average molecular weight is 455 g/mol. The number of methoxy groups -OCH3 is 1. The fourth-order valence-corrected chi connectivity index (χ4v) is 9.26. The van der Waals surface area contributed by atoms with Crippen LogP contribution < -0.4 is 0 Å². The van der Waals surface area contributed by atoms with E-state index in [1.54, 1.807) is 12.7 Å². The van der Waals surface area contributed by atoms with Crippen molar-refractivity contribution in [1.29, 1.82) is 0 Å². The normalized spacial score (nSPS) is 43.6. The highest BCUT2D eigenvalue weighted by Gasteiger charge is 2.65. The molecule has 0 N–H and O–H groups in total. The lowest BCUT2D eigenvalue weighted by Crippen LogP contribution is -2.57. The molecule has 0 aromatic heterocycles. The van der Waals surface area contributed by atoms with Crippen LogP contribution in [0, 0.1) is 45.3 Å². The van der Waals surface area contributed by atoms with E-state index in [9.17, 15) is 4.79 Å². The van der Waals surface area contributed by atoms with Gasteiger partial charge in [0.05, 0.1) is 5.60 Å². The predicted molar refractivity (Wildman–Crippen MR) is 138 cm³/mol. The molecule has 4 rings (SSSR count). The minimum Gasteiger partial charge on any atom is -0.375 e. The molecule has 0 spiro atoms. The van der Waals surface area contributed by atoms with E-state index in [4.69, 9.17) is 4.74 Å². The topological polar surface area (TPSA) is 26.3 Å². The summed E-state index contributed by atoms with van der Waals surface area (Å²) in [4.78, 5) is 12.8. The number of carbonyl (C=O) groups is 1. The minimum atomic E-state index is -0.181. The van der Waals surface area contributed by atoms with Gasteiger partial charge in [-0.25, -0.2) is 0 Å². The van der Waals surface area contributed by atoms with E-state index in [0.29, 0.717) is 34.4 Å². The summed E-state index contributed by atoms with van der Waals surface area (Å²) in [6, 6.07) is 0. The number of carbonyl (C=O) groups excluding carboxylic acids is 1. The third-order valence-corrected chi connectivity index (χ3v) is 11.9. The molecule has 3 saturated carbocycles. The molecule has 3 fully saturated rings. The zero-order valence-electron chi connectivity index (χ0n) is 23.0. The van der Waals surface area contributed by atoms with Gasteiger partial charge in [0.2, 0.25) is 0 Å². The maximum atomic E-state index is 12.8. The molecule has 0 radical (unpaired) electrons. The van der Waals surface area contributed by atoms with Crippen LogP contribution in [0.4, 0.5) is 0 Å². The Morgan fingerprint density at radius 2 is 1.82 bits per heavy atom. The van der Waals surface area contributed by atoms with Crippen LogP contribution in [0.5, 0.6) is 0 Å². The predicted octanol–water partition coefficient (Wildman–Crippen LogP) is 8.17. The molecule has 4 aliphatic rings. The molecule has 186 valence electrons. The molecule has 33 heavy (non-hydrogen) atoms. The third kappa shape index (κ3) is 3.64. The summed E-state index contributed by atoms with van der Waals surface area (Å²) in [5.41, 5.74) is 2.40. The zero-order chi connectivity index (χ0) is 24.4. The Kier molecular flexibility index (Phi) is 6.17. The summed E-state index contributed by atoms with van der Waals surface area (Å²) >= 11 is 0. The highest BCUT2D eigenvalue weighted by atomic mass is 16.5. The van der Waals surface area contributed by atoms with E-state index >= 15 is 0 Å². The second-order valence-electron chi connectivity index (χ2n) is 14.0. The summed E-state index contributed by atoms with van der Waals surface area (Å²) < 4.78 is 5.58. The van der Waals surface area contributed by atoms with E-state index in [-0.39, 0.29) is 16.4 Å². The SMILES string of the molecule is COC(C)(C)/C=C/C[C@H](C)[C@@H]1CC[C@]2(C)C3=CCC4C(C)(C)C(=O)CC[C@]4(C)[C@H]3CC[C@@]12C. The summed E-state index contributed by atoms with van der Waals surface area (Å²) in [5, 5.41) is 0. The summed E-state index contributed by atoms with van der Waals surface area (Å²) in [5.74, 6) is 3.12. The first-order valence-corrected chi connectivity index (χ1v) is 13.7. The molecule has 0 amide bonds. The Morgan fingerprint density at radius 3 is 2.48 bits per heavy atom. The Bertz CT molecular complexity index is 847. The molecule has 7 atom stereocenters. The molecule has 4 aliphatic carbocycles. The van der Waals surface area contributed by atoms with Gasteiger partial charge in [0, 0.05) is 18.9 Å². The first-order valence-electron chi connectivity index (χ1n) is 13.7. The molecule has 0 bridgehead atoms. The highest BCUT2D eigenvalue weighted by Crippen LogP contribution is 2.73. The van der Waals surface area contributed by atoms with Crippen LogP contribution in [0.1, 0.15) is 107 Å².